The molecule has 0 bridgehead atoms. The van der Waals surface area contributed by atoms with Crippen LogP contribution in [0.1, 0.15) is 24.0 Å². The monoisotopic (exact) mass is 704 g/mol. The number of thiophene rings is 1. The van der Waals surface area contributed by atoms with Crippen LogP contribution >= 0.6 is 27.3 Å². The van der Waals surface area contributed by atoms with Crippen LogP contribution in [-0.4, -0.2) is 68.1 Å². The fourth-order valence-electron chi connectivity index (χ4n) is 4.84. The first kappa shape index (κ1) is 32.6. The maximum Gasteiger partial charge on any atom is 0.408 e. The Morgan fingerprint density at radius 2 is 1.91 bits per heavy atom. The molecule has 0 saturated heterocycles. The molecule has 18 heteroatoms. The zero-order valence-corrected chi connectivity index (χ0v) is 26.8. The zero-order valence-electron chi connectivity index (χ0n) is 24.4. The Hall–Kier alpha value is -3.79. The predicted octanol–water partition coefficient (Wildman–Crippen LogP) is 3.75. The maximum atomic E-state index is 13.6. The summed E-state index contributed by atoms with van der Waals surface area (Å²) in [5, 5.41) is 3.03. The Bertz CT molecular complexity index is 1830. The number of hydrogen-bond acceptors (Lipinski definition) is 9. The predicted molar refractivity (Wildman–Crippen MR) is 169 cm³/mol. The van der Waals surface area contributed by atoms with E-state index >= 15 is 0 Å². The number of carbonyl (C=O) groups is 1. The average molecular weight is 705 g/mol. The number of fused-ring (bicyclic) bond motifs is 1. The Kier molecular flexibility index (Phi) is 9.35. The van der Waals surface area contributed by atoms with E-state index in [-0.39, 0.29) is 23.9 Å². The summed E-state index contributed by atoms with van der Waals surface area (Å²) in [6, 6.07) is 10.2. The highest BCUT2D eigenvalue weighted by Crippen LogP contribution is 2.45. The Labute approximate surface area is 269 Å². The molecule has 2 unspecified atom stereocenters. The minimum absolute atomic E-state index is 0.0705. The second-order valence-electron chi connectivity index (χ2n) is 10.4. The summed E-state index contributed by atoms with van der Waals surface area (Å²) in [5.41, 5.74) is 0.741. The van der Waals surface area contributed by atoms with Gasteiger partial charge in [0.05, 0.1) is 32.4 Å². The molecule has 0 saturated carbocycles. The third-order valence-electron chi connectivity index (χ3n) is 6.84. The van der Waals surface area contributed by atoms with E-state index in [4.69, 9.17) is 18.6 Å². The van der Waals surface area contributed by atoms with Gasteiger partial charge in [0.1, 0.15) is 37.1 Å². The molecule has 5 aromatic rings. The Balaban J connectivity index is 1.50. The highest BCUT2D eigenvalue weighted by Gasteiger charge is 2.36. The third kappa shape index (κ3) is 7.06. The SMILES string of the molecule is BC(c1ccccc1OC(B)(B)c1ccnn1CC(F)(F)F)C(Oc1ncnc2sc(-c3ccc(F)o3)c(Br)c12)C(=O)OCC. The first-order chi connectivity index (χ1) is 21.3. The number of benzene rings is 1. The van der Waals surface area contributed by atoms with E-state index in [1.54, 1.807) is 54.7 Å². The summed E-state index contributed by atoms with van der Waals surface area (Å²) in [6.45, 7) is 0.465. The molecular formula is C27H24B3BrF4N4O5S. The number of ether oxygens (including phenoxy) is 3. The molecule has 45 heavy (non-hydrogen) atoms. The van der Waals surface area contributed by atoms with Gasteiger partial charge in [0.2, 0.25) is 5.88 Å². The molecule has 0 spiro atoms. The van der Waals surface area contributed by atoms with Gasteiger partial charge < -0.3 is 18.6 Å². The number of nitrogens with zero attached hydrogens (tertiary/aromatic N) is 4. The number of para-hydroxylation sites is 1. The van der Waals surface area contributed by atoms with Gasteiger partial charge >= 0.3 is 12.1 Å². The molecule has 0 aliphatic carbocycles. The van der Waals surface area contributed by atoms with E-state index in [2.05, 4.69) is 31.0 Å². The summed E-state index contributed by atoms with van der Waals surface area (Å²) >= 11 is 4.74. The Morgan fingerprint density at radius 3 is 2.60 bits per heavy atom. The van der Waals surface area contributed by atoms with Gasteiger partial charge in [-0.05, 0) is 46.6 Å². The van der Waals surface area contributed by atoms with Crippen LogP contribution in [0.5, 0.6) is 11.6 Å². The average Bonchev–Trinajstić information content (AvgIpc) is 3.70. The second kappa shape index (κ2) is 12.9. The lowest BCUT2D eigenvalue weighted by Gasteiger charge is -2.31. The van der Waals surface area contributed by atoms with Gasteiger partial charge in [-0.2, -0.15) is 22.7 Å². The lowest BCUT2D eigenvalue weighted by atomic mass is 9.63. The smallest absolute Gasteiger partial charge is 0.408 e. The van der Waals surface area contributed by atoms with Gasteiger partial charge in [-0.15, -0.1) is 11.3 Å². The van der Waals surface area contributed by atoms with E-state index in [1.165, 1.54) is 42.1 Å². The quantitative estimate of drug-likeness (QED) is 0.117. The van der Waals surface area contributed by atoms with Crippen LogP contribution in [-0.2, 0) is 21.5 Å². The molecule has 0 aliphatic rings. The van der Waals surface area contributed by atoms with Crippen molar-refractivity contribution in [2.24, 2.45) is 0 Å². The molecule has 2 atom stereocenters. The number of alkyl halides is 3. The largest absolute Gasteiger partial charge is 0.499 e. The van der Waals surface area contributed by atoms with Crippen molar-refractivity contribution in [3.63, 3.8) is 0 Å². The minimum atomic E-state index is -4.48. The summed E-state index contributed by atoms with van der Waals surface area (Å²) in [6.07, 6.45) is -3.15. The highest BCUT2D eigenvalue weighted by atomic mass is 79.9. The molecule has 9 nitrogen and oxygen atoms in total. The zero-order chi connectivity index (χ0) is 32.5. The molecule has 0 fully saturated rings. The van der Waals surface area contributed by atoms with Gasteiger partial charge in [-0.1, -0.05) is 18.2 Å². The van der Waals surface area contributed by atoms with Crippen molar-refractivity contribution in [2.75, 3.05) is 6.61 Å². The van der Waals surface area contributed by atoms with Crippen LogP contribution < -0.4 is 9.47 Å². The number of halogens is 5. The van der Waals surface area contributed by atoms with Gasteiger partial charge in [-0.25, -0.2) is 14.8 Å². The molecule has 0 aliphatic heterocycles. The van der Waals surface area contributed by atoms with Gasteiger partial charge in [0.15, 0.2) is 21.8 Å². The van der Waals surface area contributed by atoms with E-state index < -0.39 is 42.0 Å². The highest BCUT2D eigenvalue weighted by molar-refractivity contribution is 9.10. The molecule has 5 rings (SSSR count). The molecular weight excluding hydrogens is 681 g/mol. The van der Waals surface area contributed by atoms with E-state index in [0.717, 1.165) is 4.68 Å². The number of esters is 1. The number of hydrogen-bond donors (Lipinski definition) is 0. The minimum Gasteiger partial charge on any atom is -0.499 e. The molecule has 1 aromatic carbocycles. The number of aromatic nitrogens is 4. The molecule has 0 N–H and O–H groups in total. The van der Waals surface area contributed by atoms with Crippen LogP contribution in [0.2, 0.25) is 0 Å². The fourth-order valence-corrected chi connectivity index (χ4v) is 6.75. The molecule has 232 valence electrons. The standard InChI is InChI=1S/C27H24B3BrF4N4O5S/c1-2-41-25(40)21(43-23-18-20(31)22(15-7-8-17(32)42-15)45-24(18)37-12-36-23)19(28)13-5-3-4-6-14(13)44-27(29,30)16-9-10-38-39(16)11-26(33,34)35/h3-10,12,19,21H,2,11,28-30H2,1H3. The van der Waals surface area contributed by atoms with Crippen LogP contribution in [0.15, 0.2) is 63.9 Å². The van der Waals surface area contributed by atoms with Crippen LogP contribution in [0.3, 0.4) is 0 Å². The van der Waals surface area contributed by atoms with Crippen molar-refractivity contribution in [3.8, 4) is 22.3 Å². The van der Waals surface area contributed by atoms with E-state index in [9.17, 15) is 22.4 Å². The normalized spacial score (nSPS) is 13.5. The van der Waals surface area contributed by atoms with Crippen molar-refractivity contribution >= 4 is 67.0 Å². The van der Waals surface area contributed by atoms with Crippen molar-refractivity contribution < 1.29 is 41.0 Å². The van der Waals surface area contributed by atoms with Crippen molar-refractivity contribution in [1.82, 2.24) is 19.7 Å². The summed E-state index contributed by atoms with van der Waals surface area (Å²) in [5.74, 6) is -0.708. The van der Waals surface area contributed by atoms with E-state index in [1.807, 2.05) is 0 Å². The van der Waals surface area contributed by atoms with Crippen LogP contribution in [0.4, 0.5) is 17.6 Å². The summed E-state index contributed by atoms with van der Waals surface area (Å²) in [7, 11) is 5.00. The van der Waals surface area contributed by atoms with Gasteiger partial charge in [-0.3, -0.25) is 4.68 Å². The lowest BCUT2D eigenvalue weighted by molar-refractivity contribution is -0.151. The number of furan rings is 1. The summed E-state index contributed by atoms with van der Waals surface area (Å²) < 4.78 is 77.7. The molecule has 4 aromatic heterocycles. The fraction of sp³-hybridized carbons (Fsp3) is 0.259. The molecule has 4 heterocycles. The third-order valence-corrected chi connectivity index (χ3v) is 9.01. The van der Waals surface area contributed by atoms with Gasteiger partial charge in [0, 0.05) is 18.1 Å². The molecule has 0 amide bonds. The van der Waals surface area contributed by atoms with Crippen molar-refractivity contribution in [3.05, 3.63) is 76.7 Å². The maximum absolute atomic E-state index is 13.6. The lowest BCUT2D eigenvalue weighted by Crippen LogP contribution is -2.39. The first-order valence-corrected chi connectivity index (χ1v) is 15.3. The van der Waals surface area contributed by atoms with Crippen molar-refractivity contribution in [1.29, 1.82) is 0 Å². The second-order valence-corrected chi connectivity index (χ2v) is 12.2. The number of carbonyl (C=O) groups excluding carboxylic acids is 1. The van der Waals surface area contributed by atoms with Crippen LogP contribution in [0, 0.1) is 6.01 Å². The van der Waals surface area contributed by atoms with Crippen molar-refractivity contribution in [2.45, 2.75) is 37.0 Å². The van der Waals surface area contributed by atoms with E-state index in [0.29, 0.717) is 30.9 Å². The van der Waals surface area contributed by atoms with Crippen LogP contribution in [0.25, 0.3) is 20.9 Å². The van der Waals surface area contributed by atoms with Gasteiger partial charge in [0.25, 0.3) is 6.01 Å². The Morgan fingerprint density at radius 1 is 1.16 bits per heavy atom. The topological polar surface area (TPSA) is 102 Å². The molecule has 0 radical (unpaired) electrons. The number of rotatable bonds is 11. The summed E-state index contributed by atoms with van der Waals surface area (Å²) in [4.78, 5) is 23.0. The first-order valence-electron chi connectivity index (χ1n) is 13.7.